The molecule has 4 nitrogen and oxygen atoms in total. The lowest BCUT2D eigenvalue weighted by molar-refractivity contribution is 0.0178. The zero-order valence-corrected chi connectivity index (χ0v) is 14.5. The Kier molecular flexibility index (Phi) is 5.07. The van der Waals surface area contributed by atoms with Gasteiger partial charge in [0.05, 0.1) is 5.60 Å². The summed E-state index contributed by atoms with van der Waals surface area (Å²) in [7, 11) is 0. The van der Waals surface area contributed by atoms with Gasteiger partial charge in [0, 0.05) is 42.8 Å². The highest BCUT2D eigenvalue weighted by molar-refractivity contribution is 9.10. The minimum absolute atomic E-state index is 0.0912. The number of amides is 1. The molecule has 2 rings (SSSR count). The number of β-amino-alcohol motifs (C(OH)–C–C–N with tert-alkyl or cyclic N) is 1. The van der Waals surface area contributed by atoms with Crippen molar-refractivity contribution in [3.05, 3.63) is 33.8 Å². The summed E-state index contributed by atoms with van der Waals surface area (Å²) >= 11 is 3.45. The van der Waals surface area contributed by atoms with Crippen molar-refractivity contribution < 1.29 is 9.90 Å². The Morgan fingerprint density at radius 3 is 2.43 bits per heavy atom. The predicted octanol–water partition coefficient (Wildman–Crippen LogP) is 2.29. The smallest absolute Gasteiger partial charge is 0.253 e. The molecule has 1 aliphatic rings. The largest absolute Gasteiger partial charge is 0.389 e. The number of aryl methyl sites for hydroxylation is 1. The summed E-state index contributed by atoms with van der Waals surface area (Å²) in [6.07, 6.45) is 0. The number of rotatable bonds is 3. The van der Waals surface area contributed by atoms with Crippen molar-refractivity contribution in [3.8, 4) is 0 Å². The first kappa shape index (κ1) is 16.5. The van der Waals surface area contributed by atoms with E-state index >= 15 is 0 Å². The first-order valence-corrected chi connectivity index (χ1v) is 8.06. The second kappa shape index (κ2) is 6.46. The van der Waals surface area contributed by atoms with Gasteiger partial charge in [0.2, 0.25) is 0 Å². The highest BCUT2D eigenvalue weighted by Crippen LogP contribution is 2.19. The van der Waals surface area contributed by atoms with Gasteiger partial charge < -0.3 is 10.0 Å². The van der Waals surface area contributed by atoms with Crippen molar-refractivity contribution in [1.29, 1.82) is 0 Å². The van der Waals surface area contributed by atoms with Crippen LogP contribution in [0.5, 0.6) is 0 Å². The average Bonchev–Trinajstić information content (AvgIpc) is 2.40. The van der Waals surface area contributed by atoms with Crippen LogP contribution in [0.15, 0.2) is 22.7 Å². The van der Waals surface area contributed by atoms with Crippen LogP contribution in [0.4, 0.5) is 0 Å². The van der Waals surface area contributed by atoms with E-state index < -0.39 is 5.60 Å². The third-order valence-corrected chi connectivity index (χ3v) is 4.56. The molecule has 5 heteroatoms. The van der Waals surface area contributed by atoms with Crippen LogP contribution in [-0.4, -0.2) is 59.1 Å². The normalized spacial score (nSPS) is 17.1. The summed E-state index contributed by atoms with van der Waals surface area (Å²) in [5, 5.41) is 9.85. The van der Waals surface area contributed by atoms with Gasteiger partial charge in [-0.05, 0) is 44.5 Å². The molecule has 1 heterocycles. The van der Waals surface area contributed by atoms with E-state index in [0.717, 1.165) is 28.7 Å². The molecule has 0 radical (unpaired) electrons. The molecule has 0 aromatic heterocycles. The molecule has 0 bridgehead atoms. The summed E-state index contributed by atoms with van der Waals surface area (Å²) in [6, 6.07) is 5.71. The molecule has 1 aromatic rings. The minimum atomic E-state index is -0.686. The summed E-state index contributed by atoms with van der Waals surface area (Å²) in [5.41, 5.74) is 1.13. The average molecular weight is 355 g/mol. The lowest BCUT2D eigenvalue weighted by Crippen LogP contribution is -2.52. The number of hydrogen-bond acceptors (Lipinski definition) is 3. The molecule has 1 amide bonds. The van der Waals surface area contributed by atoms with Gasteiger partial charge in [0.25, 0.3) is 5.91 Å². The van der Waals surface area contributed by atoms with E-state index in [1.54, 1.807) is 0 Å². The van der Waals surface area contributed by atoms with E-state index in [1.807, 2.05) is 43.9 Å². The second-order valence-corrected chi connectivity index (χ2v) is 7.20. The monoisotopic (exact) mass is 354 g/mol. The molecule has 116 valence electrons. The molecular weight excluding hydrogens is 332 g/mol. The van der Waals surface area contributed by atoms with E-state index in [1.165, 1.54) is 0 Å². The van der Waals surface area contributed by atoms with Crippen LogP contribution in [0.25, 0.3) is 0 Å². The fourth-order valence-corrected chi connectivity index (χ4v) is 2.86. The number of aliphatic hydroxyl groups is 1. The van der Waals surface area contributed by atoms with Crippen LogP contribution in [0, 0.1) is 6.92 Å². The number of carbonyl (C=O) groups excluding carboxylic acids is 1. The van der Waals surface area contributed by atoms with E-state index in [9.17, 15) is 9.90 Å². The number of hydrogen-bond donors (Lipinski definition) is 1. The number of carbonyl (C=O) groups is 1. The van der Waals surface area contributed by atoms with Crippen molar-refractivity contribution in [2.75, 3.05) is 32.7 Å². The van der Waals surface area contributed by atoms with Gasteiger partial charge >= 0.3 is 0 Å². The summed E-state index contributed by atoms with van der Waals surface area (Å²) in [6.45, 7) is 9.31. The maximum atomic E-state index is 12.5. The van der Waals surface area contributed by atoms with Crippen molar-refractivity contribution in [3.63, 3.8) is 0 Å². The third kappa shape index (κ3) is 4.53. The molecule has 1 saturated heterocycles. The Bertz CT molecular complexity index is 517. The van der Waals surface area contributed by atoms with Crippen LogP contribution >= 0.6 is 15.9 Å². The van der Waals surface area contributed by atoms with Gasteiger partial charge in [-0.2, -0.15) is 0 Å². The summed E-state index contributed by atoms with van der Waals surface area (Å²) in [4.78, 5) is 16.6. The lowest BCUT2D eigenvalue weighted by atomic mass is 10.1. The molecule has 1 N–H and O–H groups in total. The van der Waals surface area contributed by atoms with Gasteiger partial charge in [0.1, 0.15) is 0 Å². The first-order chi connectivity index (χ1) is 9.76. The quantitative estimate of drug-likeness (QED) is 0.905. The summed E-state index contributed by atoms with van der Waals surface area (Å²) < 4.78 is 1.02. The van der Waals surface area contributed by atoms with Crippen LogP contribution < -0.4 is 0 Å². The van der Waals surface area contributed by atoms with Gasteiger partial charge in [0.15, 0.2) is 0 Å². The Morgan fingerprint density at radius 2 is 1.90 bits per heavy atom. The van der Waals surface area contributed by atoms with Gasteiger partial charge in [-0.3, -0.25) is 9.69 Å². The van der Waals surface area contributed by atoms with E-state index in [4.69, 9.17) is 0 Å². The Hall–Kier alpha value is -0.910. The van der Waals surface area contributed by atoms with Crippen molar-refractivity contribution >= 4 is 21.8 Å². The zero-order valence-electron chi connectivity index (χ0n) is 12.9. The fourth-order valence-electron chi connectivity index (χ4n) is 2.62. The van der Waals surface area contributed by atoms with Crippen molar-refractivity contribution in [2.24, 2.45) is 0 Å². The van der Waals surface area contributed by atoms with E-state index in [-0.39, 0.29) is 5.91 Å². The number of piperazine rings is 1. The van der Waals surface area contributed by atoms with Crippen LogP contribution in [-0.2, 0) is 0 Å². The van der Waals surface area contributed by atoms with E-state index in [2.05, 4.69) is 20.8 Å². The molecule has 0 spiro atoms. The first-order valence-electron chi connectivity index (χ1n) is 7.26. The number of nitrogens with zero attached hydrogens (tertiary/aromatic N) is 2. The van der Waals surface area contributed by atoms with Crippen LogP contribution in [0.1, 0.15) is 29.8 Å². The molecule has 0 atom stereocenters. The predicted molar refractivity (Wildman–Crippen MR) is 87.5 cm³/mol. The topological polar surface area (TPSA) is 43.8 Å². The molecule has 1 fully saturated rings. The van der Waals surface area contributed by atoms with E-state index in [0.29, 0.717) is 19.6 Å². The highest BCUT2D eigenvalue weighted by Gasteiger charge is 2.25. The van der Waals surface area contributed by atoms with Gasteiger partial charge in [-0.1, -0.05) is 15.9 Å². The van der Waals surface area contributed by atoms with Crippen molar-refractivity contribution in [2.45, 2.75) is 26.4 Å². The molecule has 0 saturated carbocycles. The number of benzene rings is 1. The molecule has 21 heavy (non-hydrogen) atoms. The third-order valence-electron chi connectivity index (χ3n) is 3.67. The Labute approximate surface area is 134 Å². The molecule has 0 aliphatic carbocycles. The van der Waals surface area contributed by atoms with Gasteiger partial charge in [-0.15, -0.1) is 0 Å². The second-order valence-electron chi connectivity index (χ2n) is 6.34. The lowest BCUT2D eigenvalue weighted by Gasteiger charge is -2.37. The SMILES string of the molecule is Cc1cc(C(=O)N2CCN(CC(C)(C)O)CC2)ccc1Br. The summed E-state index contributed by atoms with van der Waals surface area (Å²) in [5.74, 6) is 0.0912. The Morgan fingerprint density at radius 1 is 1.29 bits per heavy atom. The molecular formula is C16H23BrN2O2. The standard InChI is InChI=1S/C16H23BrN2O2/c1-12-10-13(4-5-14(12)17)15(20)19-8-6-18(7-9-19)11-16(2,3)21/h4-5,10,21H,6-9,11H2,1-3H3. The molecule has 0 unspecified atom stereocenters. The van der Waals surface area contributed by atoms with Crippen LogP contribution in [0.3, 0.4) is 0 Å². The minimum Gasteiger partial charge on any atom is -0.389 e. The number of halogens is 1. The molecule has 1 aromatic carbocycles. The van der Waals surface area contributed by atoms with Crippen LogP contribution in [0.2, 0.25) is 0 Å². The highest BCUT2D eigenvalue weighted by atomic mass is 79.9. The Balaban J connectivity index is 1.95. The molecule has 1 aliphatic heterocycles. The maximum absolute atomic E-state index is 12.5. The fraction of sp³-hybridized carbons (Fsp3) is 0.562. The maximum Gasteiger partial charge on any atom is 0.253 e. The van der Waals surface area contributed by atoms with Gasteiger partial charge in [-0.25, -0.2) is 0 Å². The zero-order chi connectivity index (χ0) is 15.6. The van der Waals surface area contributed by atoms with Crippen molar-refractivity contribution in [1.82, 2.24) is 9.80 Å².